The second-order valence-corrected chi connectivity index (χ2v) is 3.61. The number of oxime groups is 2. The molecule has 0 aliphatic heterocycles. The fourth-order valence-electron chi connectivity index (χ4n) is 1.32. The topological polar surface area (TPSA) is 106 Å². The molecule has 0 unspecified atom stereocenters. The zero-order valence-electron chi connectivity index (χ0n) is 10.5. The van der Waals surface area contributed by atoms with Gasteiger partial charge in [-0.3, -0.25) is 0 Å². The summed E-state index contributed by atoms with van der Waals surface area (Å²) in [6, 6.07) is 13.2. The van der Waals surface area contributed by atoms with Crippen molar-refractivity contribution >= 4 is 12.4 Å². The first kappa shape index (κ1) is 15.0. The lowest BCUT2D eigenvalue weighted by Gasteiger charge is -1.93. The summed E-state index contributed by atoms with van der Waals surface area (Å²) in [7, 11) is 0. The number of phenols is 2. The van der Waals surface area contributed by atoms with Gasteiger partial charge in [-0.05, 0) is 24.3 Å². The zero-order valence-corrected chi connectivity index (χ0v) is 10.5. The van der Waals surface area contributed by atoms with Gasteiger partial charge in [0.1, 0.15) is 11.5 Å². The molecule has 2 aromatic rings. The SMILES string of the molecule is ON=Cc1ccccc1O.ON=Cc1ccccc1O. The summed E-state index contributed by atoms with van der Waals surface area (Å²) < 4.78 is 0. The van der Waals surface area contributed by atoms with Crippen LogP contribution in [0.4, 0.5) is 0 Å². The molecule has 20 heavy (non-hydrogen) atoms. The molecular formula is C14H14N2O4. The number of rotatable bonds is 2. The van der Waals surface area contributed by atoms with Gasteiger partial charge in [0.05, 0.1) is 12.4 Å². The van der Waals surface area contributed by atoms with Gasteiger partial charge < -0.3 is 20.6 Å². The number of hydrogen-bond acceptors (Lipinski definition) is 6. The van der Waals surface area contributed by atoms with Crippen molar-refractivity contribution in [2.75, 3.05) is 0 Å². The number of phenolic OH excluding ortho intramolecular Hbond substituents is 2. The Hall–Kier alpha value is -3.02. The van der Waals surface area contributed by atoms with Crippen molar-refractivity contribution in [3.63, 3.8) is 0 Å². The molecule has 0 fully saturated rings. The molecule has 0 atom stereocenters. The molecule has 0 spiro atoms. The number of para-hydroxylation sites is 2. The molecule has 0 saturated heterocycles. The van der Waals surface area contributed by atoms with Gasteiger partial charge >= 0.3 is 0 Å². The number of hydrogen-bond donors (Lipinski definition) is 4. The maximum absolute atomic E-state index is 9.04. The Morgan fingerprint density at radius 3 is 1.30 bits per heavy atom. The van der Waals surface area contributed by atoms with Gasteiger partial charge in [0.25, 0.3) is 0 Å². The van der Waals surface area contributed by atoms with Crippen LogP contribution in [0.1, 0.15) is 11.1 Å². The minimum absolute atomic E-state index is 0.111. The van der Waals surface area contributed by atoms with Crippen molar-refractivity contribution < 1.29 is 20.6 Å². The average molecular weight is 274 g/mol. The van der Waals surface area contributed by atoms with Crippen LogP contribution in [-0.2, 0) is 0 Å². The third-order valence-electron chi connectivity index (χ3n) is 2.27. The zero-order chi connectivity index (χ0) is 14.8. The Bertz CT molecular complexity index is 544. The lowest BCUT2D eigenvalue weighted by atomic mass is 10.2. The van der Waals surface area contributed by atoms with Crippen molar-refractivity contribution in [1.82, 2.24) is 0 Å². The maximum atomic E-state index is 9.04. The minimum atomic E-state index is 0.111. The van der Waals surface area contributed by atoms with Crippen molar-refractivity contribution in [2.45, 2.75) is 0 Å². The normalized spacial score (nSPS) is 10.4. The largest absolute Gasteiger partial charge is 0.507 e. The average Bonchev–Trinajstić information content (AvgIpc) is 2.45. The molecule has 0 aliphatic rings. The van der Waals surface area contributed by atoms with Crippen LogP contribution in [0.15, 0.2) is 58.8 Å². The van der Waals surface area contributed by atoms with Gasteiger partial charge in [-0.2, -0.15) is 0 Å². The molecule has 6 heteroatoms. The van der Waals surface area contributed by atoms with Crippen LogP contribution in [0.3, 0.4) is 0 Å². The highest BCUT2D eigenvalue weighted by Gasteiger charge is 1.93. The van der Waals surface area contributed by atoms with Crippen molar-refractivity contribution in [3.05, 3.63) is 59.7 Å². The fraction of sp³-hybridized carbons (Fsp3) is 0. The molecule has 2 aromatic carbocycles. The second kappa shape index (κ2) is 8.15. The third kappa shape index (κ3) is 4.69. The van der Waals surface area contributed by atoms with Crippen LogP contribution in [0.5, 0.6) is 11.5 Å². The molecule has 0 aromatic heterocycles. The van der Waals surface area contributed by atoms with E-state index in [2.05, 4.69) is 10.3 Å². The van der Waals surface area contributed by atoms with E-state index in [0.29, 0.717) is 11.1 Å². The van der Waals surface area contributed by atoms with E-state index in [0.717, 1.165) is 0 Å². The number of nitrogens with zero attached hydrogens (tertiary/aromatic N) is 2. The van der Waals surface area contributed by atoms with Crippen LogP contribution in [0, 0.1) is 0 Å². The van der Waals surface area contributed by atoms with Crippen LogP contribution < -0.4 is 0 Å². The highest BCUT2D eigenvalue weighted by molar-refractivity contribution is 5.83. The van der Waals surface area contributed by atoms with E-state index in [4.69, 9.17) is 20.6 Å². The second-order valence-electron chi connectivity index (χ2n) is 3.61. The quantitative estimate of drug-likeness (QED) is 0.383. The summed E-state index contributed by atoms with van der Waals surface area (Å²) in [5.41, 5.74) is 1.01. The molecule has 6 nitrogen and oxygen atoms in total. The molecule has 0 heterocycles. The van der Waals surface area contributed by atoms with E-state index in [1.807, 2.05) is 0 Å². The van der Waals surface area contributed by atoms with Gasteiger partial charge in [-0.15, -0.1) is 0 Å². The molecule has 0 saturated carbocycles. The van der Waals surface area contributed by atoms with Gasteiger partial charge in [0.2, 0.25) is 0 Å². The summed E-state index contributed by atoms with van der Waals surface area (Å²) >= 11 is 0. The Morgan fingerprint density at radius 1 is 0.650 bits per heavy atom. The summed E-state index contributed by atoms with van der Waals surface area (Å²) in [6.07, 6.45) is 2.35. The Morgan fingerprint density at radius 2 is 1.00 bits per heavy atom. The monoisotopic (exact) mass is 274 g/mol. The number of benzene rings is 2. The van der Waals surface area contributed by atoms with E-state index < -0.39 is 0 Å². The maximum Gasteiger partial charge on any atom is 0.124 e. The summed E-state index contributed by atoms with van der Waals surface area (Å²) in [5.74, 6) is 0.223. The summed E-state index contributed by atoms with van der Waals surface area (Å²) in [4.78, 5) is 0. The molecule has 0 bridgehead atoms. The Kier molecular flexibility index (Phi) is 6.13. The first-order chi connectivity index (χ1) is 9.69. The highest BCUT2D eigenvalue weighted by atomic mass is 16.4. The van der Waals surface area contributed by atoms with E-state index >= 15 is 0 Å². The molecule has 0 amide bonds. The molecule has 4 N–H and O–H groups in total. The predicted molar refractivity (Wildman–Crippen MR) is 75.0 cm³/mol. The van der Waals surface area contributed by atoms with Crippen LogP contribution in [0.2, 0.25) is 0 Å². The molecular weight excluding hydrogens is 260 g/mol. The van der Waals surface area contributed by atoms with Gasteiger partial charge in [0.15, 0.2) is 0 Å². The van der Waals surface area contributed by atoms with Crippen molar-refractivity contribution in [2.24, 2.45) is 10.3 Å². The van der Waals surface area contributed by atoms with Gasteiger partial charge in [-0.1, -0.05) is 34.6 Å². The predicted octanol–water partition coefficient (Wildman–Crippen LogP) is 2.40. The summed E-state index contributed by atoms with van der Waals surface area (Å²) in [5, 5.41) is 39.8. The molecule has 104 valence electrons. The highest BCUT2D eigenvalue weighted by Crippen LogP contribution is 2.12. The fourth-order valence-corrected chi connectivity index (χ4v) is 1.32. The molecule has 0 aliphatic carbocycles. The van der Waals surface area contributed by atoms with E-state index in [-0.39, 0.29) is 11.5 Å². The van der Waals surface area contributed by atoms with E-state index in [1.165, 1.54) is 24.6 Å². The van der Waals surface area contributed by atoms with Crippen LogP contribution >= 0.6 is 0 Å². The van der Waals surface area contributed by atoms with Crippen molar-refractivity contribution in [1.29, 1.82) is 0 Å². The Balaban J connectivity index is 0.000000200. The Labute approximate surface area is 115 Å². The third-order valence-corrected chi connectivity index (χ3v) is 2.27. The first-order valence-electron chi connectivity index (χ1n) is 5.60. The van der Waals surface area contributed by atoms with Gasteiger partial charge in [0, 0.05) is 11.1 Å². The molecule has 2 rings (SSSR count). The lowest BCUT2D eigenvalue weighted by molar-refractivity contribution is 0.321. The minimum Gasteiger partial charge on any atom is -0.507 e. The van der Waals surface area contributed by atoms with Crippen LogP contribution in [0.25, 0.3) is 0 Å². The van der Waals surface area contributed by atoms with Crippen molar-refractivity contribution in [3.8, 4) is 11.5 Å². The van der Waals surface area contributed by atoms with Gasteiger partial charge in [-0.25, -0.2) is 0 Å². The lowest BCUT2D eigenvalue weighted by Crippen LogP contribution is -1.79. The molecule has 0 radical (unpaired) electrons. The standard InChI is InChI=1S/2C7H7NO2/c2*9-7-4-2-1-3-6(7)5-8-10/h2*1-5,9-10H. The van der Waals surface area contributed by atoms with E-state index in [9.17, 15) is 0 Å². The van der Waals surface area contributed by atoms with Crippen LogP contribution in [-0.4, -0.2) is 33.1 Å². The number of aromatic hydroxyl groups is 2. The van der Waals surface area contributed by atoms with E-state index in [1.54, 1.807) is 36.4 Å². The smallest absolute Gasteiger partial charge is 0.124 e. The first-order valence-corrected chi connectivity index (χ1v) is 5.60. The summed E-state index contributed by atoms with van der Waals surface area (Å²) in [6.45, 7) is 0.